The van der Waals surface area contributed by atoms with Gasteiger partial charge in [-0.2, -0.15) is 0 Å². The van der Waals surface area contributed by atoms with Crippen LogP contribution in [-0.2, 0) is 9.53 Å². The molecule has 0 aromatic heterocycles. The molecule has 0 spiro atoms. The maximum absolute atomic E-state index is 12.1. The number of rotatable bonds is 1. The van der Waals surface area contributed by atoms with Gasteiger partial charge in [-0.05, 0) is 19.3 Å². The smallest absolute Gasteiger partial charge is 0.226 e. The first-order chi connectivity index (χ1) is 7.81. The van der Waals surface area contributed by atoms with Crippen LogP contribution in [0.25, 0.3) is 0 Å². The van der Waals surface area contributed by atoms with Crippen molar-refractivity contribution in [2.45, 2.75) is 19.3 Å². The molecule has 16 heavy (non-hydrogen) atoms. The molecule has 0 unspecified atom stereocenters. The fourth-order valence-electron chi connectivity index (χ4n) is 2.20. The summed E-state index contributed by atoms with van der Waals surface area (Å²) in [5.41, 5.74) is 1.02. The average molecular weight is 219 g/mol. The highest BCUT2D eigenvalue weighted by Gasteiger charge is 2.26. The summed E-state index contributed by atoms with van der Waals surface area (Å²) in [5.74, 6) is 3.08. The zero-order valence-electron chi connectivity index (χ0n) is 9.45. The van der Waals surface area contributed by atoms with E-state index in [-0.39, 0.29) is 11.8 Å². The van der Waals surface area contributed by atoms with Crippen LogP contribution in [-0.4, -0.2) is 37.1 Å². The molecule has 0 aliphatic carbocycles. The van der Waals surface area contributed by atoms with E-state index in [0.717, 1.165) is 44.6 Å². The van der Waals surface area contributed by atoms with Crippen LogP contribution < -0.4 is 0 Å². The summed E-state index contributed by atoms with van der Waals surface area (Å²) in [5, 5.41) is 0. The number of nitrogens with zero attached hydrogens (tertiary/aromatic N) is 1. The van der Waals surface area contributed by atoms with Crippen molar-refractivity contribution in [1.82, 2.24) is 4.90 Å². The van der Waals surface area contributed by atoms with E-state index in [0.29, 0.717) is 6.54 Å². The van der Waals surface area contributed by atoms with Crippen LogP contribution in [0.15, 0.2) is 11.6 Å². The number of carbonyl (C=O) groups excluding carboxylic acids is 1. The summed E-state index contributed by atoms with van der Waals surface area (Å²) in [6.07, 6.45) is 9.87. The Labute approximate surface area is 96.5 Å². The van der Waals surface area contributed by atoms with Gasteiger partial charge in [-0.15, -0.1) is 6.42 Å². The van der Waals surface area contributed by atoms with Crippen molar-refractivity contribution in [3.63, 3.8) is 0 Å². The van der Waals surface area contributed by atoms with Crippen LogP contribution in [0.1, 0.15) is 19.3 Å². The van der Waals surface area contributed by atoms with E-state index in [1.807, 2.05) is 11.0 Å². The van der Waals surface area contributed by atoms with Crippen LogP contribution in [0.4, 0.5) is 0 Å². The summed E-state index contributed by atoms with van der Waals surface area (Å²) < 4.78 is 5.26. The van der Waals surface area contributed by atoms with Gasteiger partial charge in [-0.3, -0.25) is 4.79 Å². The van der Waals surface area contributed by atoms with Crippen molar-refractivity contribution in [1.29, 1.82) is 0 Å². The third kappa shape index (κ3) is 2.45. The maximum Gasteiger partial charge on any atom is 0.226 e. The molecule has 1 amide bonds. The van der Waals surface area contributed by atoms with Gasteiger partial charge in [0.05, 0.1) is 0 Å². The van der Waals surface area contributed by atoms with Crippen LogP contribution in [0, 0.1) is 18.3 Å². The predicted octanol–water partition coefficient (Wildman–Crippen LogP) is 1.20. The molecule has 2 heterocycles. The zero-order valence-corrected chi connectivity index (χ0v) is 9.45. The Balaban J connectivity index is 1.91. The standard InChI is InChI=1S/C13H17NO2/c1-2-11-3-7-14(8-4-11)13(15)12-5-9-16-10-6-12/h1,3,12H,4-10H2. The Kier molecular flexibility index (Phi) is 3.63. The molecular formula is C13H17NO2. The lowest BCUT2D eigenvalue weighted by atomic mass is 9.97. The topological polar surface area (TPSA) is 29.5 Å². The minimum absolute atomic E-state index is 0.162. The highest BCUT2D eigenvalue weighted by molar-refractivity contribution is 5.79. The highest BCUT2D eigenvalue weighted by Crippen LogP contribution is 2.20. The lowest BCUT2D eigenvalue weighted by Gasteiger charge is -2.30. The second-order valence-corrected chi connectivity index (χ2v) is 4.29. The van der Waals surface area contributed by atoms with E-state index >= 15 is 0 Å². The molecule has 0 bridgehead atoms. The van der Waals surface area contributed by atoms with Crippen molar-refractivity contribution in [3.8, 4) is 12.3 Å². The Morgan fingerprint density at radius 3 is 2.81 bits per heavy atom. The molecular weight excluding hydrogens is 202 g/mol. The van der Waals surface area contributed by atoms with Crippen LogP contribution in [0.5, 0.6) is 0 Å². The van der Waals surface area contributed by atoms with Crippen molar-refractivity contribution in [2.24, 2.45) is 5.92 Å². The minimum Gasteiger partial charge on any atom is -0.381 e. The Morgan fingerprint density at radius 1 is 1.50 bits per heavy atom. The van der Waals surface area contributed by atoms with Gasteiger partial charge in [0.15, 0.2) is 0 Å². The van der Waals surface area contributed by atoms with Crippen molar-refractivity contribution in [2.75, 3.05) is 26.3 Å². The molecule has 86 valence electrons. The van der Waals surface area contributed by atoms with E-state index in [1.54, 1.807) is 0 Å². The zero-order chi connectivity index (χ0) is 11.4. The molecule has 0 aromatic carbocycles. The van der Waals surface area contributed by atoms with Gasteiger partial charge in [-0.1, -0.05) is 12.0 Å². The van der Waals surface area contributed by atoms with Gasteiger partial charge < -0.3 is 9.64 Å². The molecule has 1 saturated heterocycles. The predicted molar refractivity (Wildman–Crippen MR) is 61.7 cm³/mol. The lowest BCUT2D eigenvalue weighted by Crippen LogP contribution is -2.40. The lowest BCUT2D eigenvalue weighted by molar-refractivity contribution is -0.138. The van der Waals surface area contributed by atoms with Crippen molar-refractivity contribution >= 4 is 5.91 Å². The van der Waals surface area contributed by atoms with Crippen molar-refractivity contribution in [3.05, 3.63) is 11.6 Å². The summed E-state index contributed by atoms with van der Waals surface area (Å²) in [6, 6.07) is 0. The Morgan fingerprint density at radius 2 is 2.25 bits per heavy atom. The molecule has 0 radical (unpaired) electrons. The molecule has 2 aliphatic rings. The quantitative estimate of drug-likeness (QED) is 0.620. The molecule has 2 aliphatic heterocycles. The van der Waals surface area contributed by atoms with Gasteiger partial charge in [0.2, 0.25) is 5.91 Å². The Bertz CT molecular complexity index is 334. The fourth-order valence-corrected chi connectivity index (χ4v) is 2.20. The number of hydrogen-bond acceptors (Lipinski definition) is 2. The van der Waals surface area contributed by atoms with E-state index in [4.69, 9.17) is 11.2 Å². The largest absolute Gasteiger partial charge is 0.381 e. The van der Waals surface area contributed by atoms with Crippen LogP contribution in [0.3, 0.4) is 0 Å². The van der Waals surface area contributed by atoms with Gasteiger partial charge in [0, 0.05) is 37.8 Å². The Hall–Kier alpha value is -1.27. The van der Waals surface area contributed by atoms with E-state index in [1.165, 1.54) is 0 Å². The number of ether oxygens (including phenoxy) is 1. The van der Waals surface area contributed by atoms with E-state index in [2.05, 4.69) is 5.92 Å². The first kappa shape index (κ1) is 11.2. The van der Waals surface area contributed by atoms with E-state index in [9.17, 15) is 4.79 Å². The number of amides is 1. The van der Waals surface area contributed by atoms with Gasteiger partial charge in [0.25, 0.3) is 0 Å². The third-order valence-electron chi connectivity index (χ3n) is 3.28. The van der Waals surface area contributed by atoms with Gasteiger partial charge in [-0.25, -0.2) is 0 Å². The molecule has 0 aromatic rings. The number of terminal acetylenes is 1. The second-order valence-electron chi connectivity index (χ2n) is 4.29. The molecule has 0 N–H and O–H groups in total. The van der Waals surface area contributed by atoms with Crippen LogP contribution in [0.2, 0.25) is 0 Å². The number of hydrogen-bond donors (Lipinski definition) is 0. The van der Waals surface area contributed by atoms with Gasteiger partial charge in [0.1, 0.15) is 0 Å². The average Bonchev–Trinajstić information content (AvgIpc) is 2.39. The van der Waals surface area contributed by atoms with Gasteiger partial charge >= 0.3 is 0 Å². The number of carbonyl (C=O) groups is 1. The molecule has 3 heteroatoms. The minimum atomic E-state index is 0.162. The first-order valence-electron chi connectivity index (χ1n) is 5.83. The molecule has 0 saturated carbocycles. The highest BCUT2D eigenvalue weighted by atomic mass is 16.5. The normalized spacial score (nSPS) is 22.4. The summed E-state index contributed by atoms with van der Waals surface area (Å²) in [6.45, 7) is 2.88. The third-order valence-corrected chi connectivity index (χ3v) is 3.28. The monoisotopic (exact) mass is 219 g/mol. The first-order valence-corrected chi connectivity index (χ1v) is 5.83. The maximum atomic E-state index is 12.1. The summed E-state index contributed by atoms with van der Waals surface area (Å²) >= 11 is 0. The summed E-state index contributed by atoms with van der Waals surface area (Å²) in [7, 11) is 0. The molecule has 3 nitrogen and oxygen atoms in total. The fraction of sp³-hybridized carbons (Fsp3) is 0.615. The molecule has 0 atom stereocenters. The SMILES string of the molecule is C#CC1=CCN(C(=O)C2CCOCC2)CC1. The molecule has 2 rings (SSSR count). The second kappa shape index (κ2) is 5.18. The molecule has 1 fully saturated rings. The summed E-state index contributed by atoms with van der Waals surface area (Å²) in [4.78, 5) is 14.1. The van der Waals surface area contributed by atoms with Crippen molar-refractivity contribution < 1.29 is 9.53 Å². The van der Waals surface area contributed by atoms with Crippen LogP contribution >= 0.6 is 0 Å². The van der Waals surface area contributed by atoms with E-state index < -0.39 is 0 Å².